The molecular weight excluding hydrogens is 380 g/mol. The van der Waals surface area contributed by atoms with Crippen molar-refractivity contribution in [3.8, 4) is 5.75 Å². The maximum absolute atomic E-state index is 13.2. The average molecular weight is 400 g/mol. The number of aryl methyl sites for hydroxylation is 1. The van der Waals surface area contributed by atoms with E-state index >= 15 is 0 Å². The van der Waals surface area contributed by atoms with Gasteiger partial charge >= 0.3 is 6.03 Å². The van der Waals surface area contributed by atoms with Crippen molar-refractivity contribution >= 4 is 24.0 Å². The molecule has 3 aromatic rings. The minimum absolute atomic E-state index is 0.241. The Morgan fingerprint density at radius 1 is 1.10 bits per heavy atom. The second-order valence-corrected chi connectivity index (χ2v) is 7.28. The predicted octanol–water partition coefficient (Wildman–Crippen LogP) is 3.27. The zero-order chi connectivity index (χ0) is 20.7. The lowest BCUT2D eigenvalue weighted by Crippen LogP contribution is -2.45. The van der Waals surface area contributed by atoms with Gasteiger partial charge in [-0.05, 0) is 30.2 Å². The molecule has 1 saturated heterocycles. The van der Waals surface area contributed by atoms with E-state index in [1.165, 1.54) is 6.34 Å². The highest BCUT2D eigenvalue weighted by Gasteiger charge is 2.54. The molecule has 0 saturated carbocycles. The van der Waals surface area contributed by atoms with Crippen molar-refractivity contribution in [2.45, 2.75) is 19.0 Å². The van der Waals surface area contributed by atoms with E-state index in [9.17, 15) is 4.79 Å². The molecule has 0 spiro atoms. The summed E-state index contributed by atoms with van der Waals surface area (Å²) < 4.78 is 5.23. The van der Waals surface area contributed by atoms with Gasteiger partial charge in [-0.1, -0.05) is 42.0 Å². The number of rotatable bonds is 4. The van der Waals surface area contributed by atoms with Gasteiger partial charge in [-0.15, -0.1) is 0 Å². The maximum Gasteiger partial charge on any atom is 0.324 e. The molecule has 0 radical (unpaired) electrons. The number of urea groups is 1. The second-order valence-electron chi connectivity index (χ2n) is 7.28. The molecule has 0 bridgehead atoms. The fourth-order valence-electron chi connectivity index (χ4n) is 3.92. The normalized spacial score (nSPS) is 19.6. The summed E-state index contributed by atoms with van der Waals surface area (Å²) in [7, 11) is 1.62. The quantitative estimate of drug-likeness (QED) is 0.704. The largest absolute Gasteiger partial charge is 0.497 e. The summed E-state index contributed by atoms with van der Waals surface area (Å²) in [5.41, 5.74) is 2.54. The molecule has 5 rings (SSSR count). The molecule has 150 valence electrons. The number of H-pyrrole nitrogens is 1. The number of hydrogen-bond acceptors (Lipinski definition) is 5. The van der Waals surface area contributed by atoms with Gasteiger partial charge < -0.3 is 15.0 Å². The van der Waals surface area contributed by atoms with E-state index in [1.54, 1.807) is 18.3 Å². The minimum Gasteiger partial charge on any atom is -0.497 e. The van der Waals surface area contributed by atoms with Gasteiger partial charge in [0, 0.05) is 0 Å². The van der Waals surface area contributed by atoms with Crippen molar-refractivity contribution in [1.82, 2.24) is 20.2 Å². The lowest BCUT2D eigenvalue weighted by Gasteiger charge is -2.28. The third kappa shape index (κ3) is 2.68. The fraction of sp³-hybridized carbons (Fsp3) is 0.182. The van der Waals surface area contributed by atoms with Crippen molar-refractivity contribution in [1.29, 1.82) is 0 Å². The van der Waals surface area contributed by atoms with E-state index in [4.69, 9.17) is 4.74 Å². The molecule has 8 heteroatoms. The van der Waals surface area contributed by atoms with Crippen LogP contribution in [0.15, 0.2) is 64.8 Å². The highest BCUT2D eigenvalue weighted by atomic mass is 16.5. The summed E-state index contributed by atoms with van der Waals surface area (Å²) in [6, 6.07) is 15.4. The van der Waals surface area contributed by atoms with Crippen LogP contribution in [0.3, 0.4) is 0 Å². The van der Waals surface area contributed by atoms with Gasteiger partial charge in [-0.25, -0.2) is 19.8 Å². The van der Waals surface area contributed by atoms with E-state index in [1.807, 2.05) is 55.5 Å². The van der Waals surface area contributed by atoms with Crippen molar-refractivity contribution in [3.05, 3.63) is 77.2 Å². The standard InChI is InChI=1S/C22H20N6O2/c1-14-3-7-16(8-4-14)22-18-19(24-12-23-18)25-13-26-20(22)28(21(29)27-22)11-15-5-9-17(30-2)10-6-15/h3-10,12-13H,11H2,1-2H3,(H,23,24)(H,27,29). The Bertz CT molecular complexity index is 1160. The Morgan fingerprint density at radius 2 is 1.87 bits per heavy atom. The molecule has 2 aliphatic heterocycles. The Kier molecular flexibility index (Phi) is 4.13. The number of benzene rings is 2. The van der Waals surface area contributed by atoms with E-state index in [-0.39, 0.29) is 6.03 Å². The first-order valence-electron chi connectivity index (χ1n) is 9.56. The highest BCUT2D eigenvalue weighted by molar-refractivity contribution is 6.15. The van der Waals surface area contributed by atoms with E-state index in [0.717, 1.165) is 22.4 Å². The first-order chi connectivity index (χ1) is 14.6. The number of aromatic nitrogens is 2. The van der Waals surface area contributed by atoms with Gasteiger partial charge in [-0.3, -0.25) is 4.90 Å². The molecule has 1 aromatic heterocycles. The van der Waals surface area contributed by atoms with Crippen molar-refractivity contribution in [2.75, 3.05) is 7.11 Å². The topological polar surface area (TPSA) is 95.0 Å². The van der Waals surface area contributed by atoms with Gasteiger partial charge in [0.05, 0.1) is 20.0 Å². The molecule has 3 heterocycles. The number of aliphatic imine (C=N–C) groups is 2. The predicted molar refractivity (Wildman–Crippen MR) is 113 cm³/mol. The molecule has 1 unspecified atom stereocenters. The number of methoxy groups -OCH3 is 1. The third-order valence-corrected chi connectivity index (χ3v) is 5.46. The molecule has 8 nitrogen and oxygen atoms in total. The molecular formula is C22H20N6O2. The van der Waals surface area contributed by atoms with Crippen LogP contribution in [0.5, 0.6) is 5.75 Å². The minimum atomic E-state index is -1.02. The monoisotopic (exact) mass is 400 g/mol. The van der Waals surface area contributed by atoms with Crippen LogP contribution in [0.25, 0.3) is 0 Å². The molecule has 1 atom stereocenters. The summed E-state index contributed by atoms with van der Waals surface area (Å²) in [6.07, 6.45) is 3.04. The van der Waals surface area contributed by atoms with Crippen molar-refractivity contribution < 1.29 is 9.53 Å². The number of nitrogens with zero attached hydrogens (tertiary/aromatic N) is 4. The number of fused-ring (bicyclic) bond motifs is 3. The van der Waals surface area contributed by atoms with Crippen LogP contribution in [0.4, 0.5) is 10.6 Å². The van der Waals surface area contributed by atoms with E-state index in [0.29, 0.717) is 23.9 Å². The molecule has 30 heavy (non-hydrogen) atoms. The summed E-state index contributed by atoms with van der Waals surface area (Å²) in [6.45, 7) is 2.38. The fourth-order valence-corrected chi connectivity index (χ4v) is 3.92. The number of amides is 2. The molecule has 2 N–H and O–H groups in total. The number of amidine groups is 1. The average Bonchev–Trinajstić information content (AvgIpc) is 3.29. The zero-order valence-electron chi connectivity index (χ0n) is 16.6. The first kappa shape index (κ1) is 18.1. The van der Waals surface area contributed by atoms with Gasteiger partial charge in [-0.2, -0.15) is 0 Å². The van der Waals surface area contributed by atoms with Crippen LogP contribution in [0, 0.1) is 6.92 Å². The van der Waals surface area contributed by atoms with Crippen LogP contribution in [-0.2, 0) is 12.1 Å². The van der Waals surface area contributed by atoms with Crippen LogP contribution in [0.1, 0.15) is 22.4 Å². The smallest absolute Gasteiger partial charge is 0.324 e. The second kappa shape index (κ2) is 6.84. The van der Waals surface area contributed by atoms with E-state index in [2.05, 4.69) is 25.3 Å². The van der Waals surface area contributed by atoms with Crippen LogP contribution < -0.4 is 10.1 Å². The zero-order valence-corrected chi connectivity index (χ0v) is 16.6. The third-order valence-electron chi connectivity index (χ3n) is 5.46. The highest BCUT2D eigenvalue weighted by Crippen LogP contribution is 2.41. The van der Waals surface area contributed by atoms with Gasteiger partial charge in [0.15, 0.2) is 17.2 Å². The first-order valence-corrected chi connectivity index (χ1v) is 9.56. The lowest BCUT2D eigenvalue weighted by molar-refractivity contribution is 0.225. The number of nitrogens with one attached hydrogen (secondary N) is 2. The SMILES string of the molecule is COc1ccc(CN2C(=O)NC3(c4ccc(C)cc4)C2=NC=Nc2[nH]cnc23)cc1. The van der Waals surface area contributed by atoms with Gasteiger partial charge in [0.25, 0.3) is 0 Å². The molecule has 2 amide bonds. The van der Waals surface area contributed by atoms with Crippen LogP contribution in [0.2, 0.25) is 0 Å². The lowest BCUT2D eigenvalue weighted by atomic mass is 9.85. The molecule has 0 aliphatic carbocycles. The number of imidazole rings is 1. The Hall–Kier alpha value is -3.94. The number of carbonyl (C=O) groups is 1. The molecule has 1 fully saturated rings. The number of hydrogen-bond donors (Lipinski definition) is 2. The number of aromatic amines is 1. The number of carbonyl (C=O) groups excluding carboxylic acids is 1. The van der Waals surface area contributed by atoms with Crippen molar-refractivity contribution in [2.24, 2.45) is 9.98 Å². The Labute approximate surface area is 173 Å². The summed E-state index contributed by atoms with van der Waals surface area (Å²) >= 11 is 0. The summed E-state index contributed by atoms with van der Waals surface area (Å²) in [4.78, 5) is 31.4. The Morgan fingerprint density at radius 3 is 2.60 bits per heavy atom. The van der Waals surface area contributed by atoms with E-state index < -0.39 is 5.54 Å². The van der Waals surface area contributed by atoms with Gasteiger partial charge in [0.1, 0.15) is 17.8 Å². The van der Waals surface area contributed by atoms with Crippen LogP contribution >= 0.6 is 0 Å². The molecule has 2 aromatic carbocycles. The molecule has 2 aliphatic rings. The Balaban J connectivity index is 1.63. The van der Waals surface area contributed by atoms with Crippen LogP contribution in [-0.4, -0.2) is 40.2 Å². The maximum atomic E-state index is 13.2. The van der Waals surface area contributed by atoms with Gasteiger partial charge in [0.2, 0.25) is 0 Å². The number of ether oxygens (including phenoxy) is 1. The summed E-state index contributed by atoms with van der Waals surface area (Å²) in [5.74, 6) is 1.88. The summed E-state index contributed by atoms with van der Waals surface area (Å²) in [5, 5.41) is 3.15. The van der Waals surface area contributed by atoms with Crippen molar-refractivity contribution in [3.63, 3.8) is 0 Å².